The first kappa shape index (κ1) is 20.3. The topological polar surface area (TPSA) is 84.9 Å². The highest BCUT2D eigenvalue weighted by Gasteiger charge is 2.19. The number of carbonyl (C=O) groups is 2. The van der Waals surface area contributed by atoms with Crippen LogP contribution >= 0.6 is 11.6 Å². The Morgan fingerprint density at radius 2 is 1.70 bits per heavy atom. The van der Waals surface area contributed by atoms with Crippen LogP contribution in [-0.2, 0) is 9.53 Å². The van der Waals surface area contributed by atoms with Crippen molar-refractivity contribution in [3.63, 3.8) is 0 Å². The number of para-hydroxylation sites is 1. The van der Waals surface area contributed by atoms with Crippen LogP contribution in [0, 0.1) is 0 Å². The maximum atomic E-state index is 11.8. The highest BCUT2D eigenvalue weighted by atomic mass is 35.5. The van der Waals surface area contributed by atoms with E-state index in [-0.39, 0.29) is 5.70 Å². The number of alkyl carbamates (subject to hydrolysis) is 1. The van der Waals surface area contributed by atoms with Gasteiger partial charge in [0.25, 0.3) is 0 Å². The Morgan fingerprint density at radius 3 is 2.26 bits per heavy atom. The zero-order valence-electron chi connectivity index (χ0n) is 15.2. The molecule has 2 rings (SSSR count). The van der Waals surface area contributed by atoms with Gasteiger partial charge in [0.1, 0.15) is 22.8 Å². The average Bonchev–Trinajstić information content (AvgIpc) is 2.56. The summed E-state index contributed by atoms with van der Waals surface area (Å²) in [5.74, 6) is -0.227. The summed E-state index contributed by atoms with van der Waals surface area (Å²) in [7, 11) is 0. The van der Waals surface area contributed by atoms with Gasteiger partial charge >= 0.3 is 12.1 Å². The maximum absolute atomic E-state index is 11.8. The molecule has 0 bridgehead atoms. The zero-order valence-corrected chi connectivity index (χ0v) is 15.9. The molecule has 2 N–H and O–H groups in total. The van der Waals surface area contributed by atoms with Gasteiger partial charge in [-0.2, -0.15) is 0 Å². The zero-order chi connectivity index (χ0) is 20.0. The van der Waals surface area contributed by atoms with Gasteiger partial charge in [0.2, 0.25) is 0 Å². The van der Waals surface area contributed by atoms with Gasteiger partial charge in [-0.3, -0.25) is 5.32 Å². The van der Waals surface area contributed by atoms with Gasteiger partial charge in [-0.15, -0.1) is 0 Å². The van der Waals surface area contributed by atoms with Gasteiger partial charge in [-0.25, -0.2) is 9.59 Å². The van der Waals surface area contributed by atoms with Crippen LogP contribution in [-0.4, -0.2) is 22.8 Å². The summed E-state index contributed by atoms with van der Waals surface area (Å²) < 4.78 is 10.7. The Hall–Kier alpha value is -2.99. The van der Waals surface area contributed by atoms with Crippen LogP contribution in [0.15, 0.2) is 54.2 Å². The van der Waals surface area contributed by atoms with E-state index in [9.17, 15) is 14.7 Å². The number of carbonyl (C=O) groups excluding carboxylic acids is 1. The summed E-state index contributed by atoms with van der Waals surface area (Å²) in [4.78, 5) is 23.2. The Kier molecular flexibility index (Phi) is 6.47. The molecule has 0 saturated carbocycles. The highest BCUT2D eigenvalue weighted by molar-refractivity contribution is 6.32. The molecule has 6 nitrogen and oxygen atoms in total. The lowest BCUT2D eigenvalue weighted by molar-refractivity contribution is -0.133. The number of nitrogens with one attached hydrogen (secondary N) is 1. The van der Waals surface area contributed by atoms with E-state index in [1.54, 1.807) is 69.3 Å². The first-order valence-corrected chi connectivity index (χ1v) is 8.49. The molecule has 0 atom stereocenters. The largest absolute Gasteiger partial charge is 0.477 e. The van der Waals surface area contributed by atoms with Crippen molar-refractivity contribution < 1.29 is 24.2 Å². The molecule has 0 aliphatic rings. The second-order valence-corrected chi connectivity index (χ2v) is 7.00. The fourth-order valence-corrected chi connectivity index (χ4v) is 2.19. The normalized spacial score (nSPS) is 11.6. The Morgan fingerprint density at radius 1 is 1.07 bits per heavy atom. The van der Waals surface area contributed by atoms with E-state index in [1.807, 2.05) is 0 Å². The minimum Gasteiger partial charge on any atom is -0.477 e. The molecule has 7 heteroatoms. The van der Waals surface area contributed by atoms with Gasteiger partial charge in [0.15, 0.2) is 0 Å². The number of amides is 1. The second-order valence-electron chi connectivity index (χ2n) is 6.59. The molecule has 0 fully saturated rings. The highest BCUT2D eigenvalue weighted by Crippen LogP contribution is 2.29. The van der Waals surface area contributed by atoms with Gasteiger partial charge in [-0.05, 0) is 56.7 Å². The van der Waals surface area contributed by atoms with Gasteiger partial charge in [0.05, 0.1) is 5.02 Å². The molecule has 27 heavy (non-hydrogen) atoms. The van der Waals surface area contributed by atoms with Crippen molar-refractivity contribution in [1.82, 2.24) is 5.32 Å². The summed E-state index contributed by atoms with van der Waals surface area (Å²) in [5.41, 5.74) is -0.468. The minimum absolute atomic E-state index is 0.302. The van der Waals surface area contributed by atoms with Crippen LogP contribution in [0.1, 0.15) is 26.3 Å². The molecular weight excluding hydrogens is 370 g/mol. The number of hydrogen-bond donors (Lipinski definition) is 2. The number of ether oxygens (including phenoxy) is 2. The van der Waals surface area contributed by atoms with Gasteiger partial charge < -0.3 is 14.6 Å². The van der Waals surface area contributed by atoms with Crippen LogP contribution in [0.4, 0.5) is 4.79 Å². The van der Waals surface area contributed by atoms with Crippen molar-refractivity contribution in [2.45, 2.75) is 26.4 Å². The molecule has 1 amide bonds. The van der Waals surface area contributed by atoms with E-state index in [4.69, 9.17) is 21.1 Å². The smallest absolute Gasteiger partial charge is 0.412 e. The third-order valence-corrected chi connectivity index (χ3v) is 3.43. The lowest BCUT2D eigenvalue weighted by atomic mass is 10.2. The number of carboxylic acids is 1. The van der Waals surface area contributed by atoms with Gasteiger partial charge in [0, 0.05) is 0 Å². The molecule has 142 valence electrons. The molecule has 0 unspecified atom stereocenters. The van der Waals surface area contributed by atoms with E-state index in [0.717, 1.165) is 0 Å². The molecule has 0 aromatic heterocycles. The Labute approximate surface area is 162 Å². The van der Waals surface area contributed by atoms with Crippen LogP contribution in [0.25, 0.3) is 6.08 Å². The molecule has 0 heterocycles. The molecule has 2 aromatic carbocycles. The molecule has 0 spiro atoms. The second kappa shape index (κ2) is 8.60. The lowest BCUT2D eigenvalue weighted by Crippen LogP contribution is -2.34. The number of benzene rings is 2. The summed E-state index contributed by atoms with van der Waals surface area (Å²) in [6, 6.07) is 13.7. The summed E-state index contributed by atoms with van der Waals surface area (Å²) in [6.07, 6.45) is 0.487. The molecular formula is C20H20ClNO5. The predicted octanol–water partition coefficient (Wildman–Crippen LogP) is 5.08. The monoisotopic (exact) mass is 389 g/mol. The van der Waals surface area contributed by atoms with Crippen LogP contribution in [0.2, 0.25) is 5.02 Å². The van der Waals surface area contributed by atoms with Crippen molar-refractivity contribution >= 4 is 29.7 Å². The van der Waals surface area contributed by atoms with Crippen LogP contribution in [0.5, 0.6) is 11.5 Å². The van der Waals surface area contributed by atoms with Crippen molar-refractivity contribution in [3.8, 4) is 11.5 Å². The number of hydrogen-bond acceptors (Lipinski definition) is 4. The third-order valence-electron chi connectivity index (χ3n) is 3.12. The summed E-state index contributed by atoms with van der Waals surface area (Å²) in [5, 5.41) is 12.0. The number of aliphatic carboxylic acids is 1. The predicted molar refractivity (Wildman–Crippen MR) is 103 cm³/mol. The maximum Gasteiger partial charge on any atom is 0.412 e. The van der Waals surface area contributed by atoms with E-state index < -0.39 is 17.7 Å². The first-order valence-electron chi connectivity index (χ1n) is 8.11. The lowest BCUT2D eigenvalue weighted by Gasteiger charge is -2.19. The van der Waals surface area contributed by atoms with E-state index >= 15 is 0 Å². The van der Waals surface area contributed by atoms with Crippen molar-refractivity contribution in [3.05, 3.63) is 64.8 Å². The summed E-state index contributed by atoms with van der Waals surface area (Å²) in [6.45, 7) is 5.07. The van der Waals surface area contributed by atoms with Crippen molar-refractivity contribution in [1.29, 1.82) is 0 Å². The van der Waals surface area contributed by atoms with Crippen LogP contribution in [0.3, 0.4) is 0 Å². The number of carboxylic acid groups (broad SMARTS) is 1. The quantitative estimate of drug-likeness (QED) is 0.696. The Balaban J connectivity index is 2.12. The molecule has 0 radical (unpaired) electrons. The van der Waals surface area contributed by atoms with E-state index in [1.165, 1.54) is 6.08 Å². The van der Waals surface area contributed by atoms with Crippen molar-refractivity contribution in [2.24, 2.45) is 0 Å². The first-order chi connectivity index (χ1) is 12.6. The van der Waals surface area contributed by atoms with Crippen molar-refractivity contribution in [2.75, 3.05) is 0 Å². The third kappa shape index (κ3) is 6.67. The minimum atomic E-state index is -1.28. The van der Waals surface area contributed by atoms with Gasteiger partial charge in [-0.1, -0.05) is 35.9 Å². The SMILES string of the molecule is CC(C)(C)OC(=O)N/C(=C/c1ccc(Oc2ccccc2Cl)cc1)C(=O)O. The molecule has 2 aromatic rings. The average molecular weight is 390 g/mol. The van der Waals surface area contributed by atoms with Crippen LogP contribution < -0.4 is 10.1 Å². The van der Waals surface area contributed by atoms with E-state index in [0.29, 0.717) is 22.1 Å². The fourth-order valence-electron chi connectivity index (χ4n) is 2.02. The standard InChI is InChI=1S/C20H20ClNO5/c1-20(2,3)27-19(25)22-16(18(23)24)12-13-8-10-14(11-9-13)26-17-7-5-4-6-15(17)21/h4-12H,1-3H3,(H,22,25)(H,23,24)/b16-12+. The number of rotatable bonds is 5. The number of halogens is 1. The molecule has 0 saturated heterocycles. The Bertz CT molecular complexity index is 853. The molecule has 0 aliphatic carbocycles. The fraction of sp³-hybridized carbons (Fsp3) is 0.200. The molecule has 0 aliphatic heterocycles. The van der Waals surface area contributed by atoms with E-state index in [2.05, 4.69) is 5.32 Å². The summed E-state index contributed by atoms with van der Waals surface area (Å²) >= 11 is 6.05.